The molecule has 0 aliphatic rings. The number of carbonyl (C=O) groups is 1. The molecule has 1 N–H and O–H groups in total. The highest BCUT2D eigenvalue weighted by molar-refractivity contribution is 7.14. The summed E-state index contributed by atoms with van der Waals surface area (Å²) in [7, 11) is 0. The van der Waals surface area contributed by atoms with Crippen LogP contribution >= 0.6 is 22.9 Å². The van der Waals surface area contributed by atoms with Crippen LogP contribution in [0.15, 0.2) is 29.8 Å². The molecule has 2 aromatic rings. The molecule has 2 aromatic heterocycles. The number of amides is 1. The number of carbonyl (C=O) groups excluding carboxylic acids is 1. The van der Waals surface area contributed by atoms with E-state index >= 15 is 0 Å². The zero-order valence-corrected chi connectivity index (χ0v) is 10.6. The third kappa shape index (κ3) is 3.01. The van der Waals surface area contributed by atoms with E-state index in [2.05, 4.69) is 15.3 Å². The lowest BCUT2D eigenvalue weighted by Gasteiger charge is -2.01. The number of nitrogens with zero attached hydrogens (tertiary/aromatic N) is 2. The number of rotatable bonds is 3. The SMILES string of the molecule is CC(Cl)C(=O)Nc1nc(-c2ccccn2)cs1. The van der Waals surface area contributed by atoms with Gasteiger partial charge in [0.25, 0.3) is 0 Å². The Morgan fingerprint density at radius 2 is 2.29 bits per heavy atom. The first-order chi connectivity index (χ1) is 8.16. The maximum absolute atomic E-state index is 11.4. The topological polar surface area (TPSA) is 54.9 Å². The highest BCUT2D eigenvalue weighted by atomic mass is 35.5. The minimum Gasteiger partial charge on any atom is -0.301 e. The fourth-order valence-corrected chi connectivity index (χ4v) is 1.93. The van der Waals surface area contributed by atoms with Gasteiger partial charge in [0.1, 0.15) is 11.1 Å². The van der Waals surface area contributed by atoms with Crippen LogP contribution in [0.3, 0.4) is 0 Å². The van der Waals surface area contributed by atoms with Gasteiger partial charge in [0.15, 0.2) is 5.13 Å². The normalized spacial score (nSPS) is 12.1. The fourth-order valence-electron chi connectivity index (χ4n) is 1.17. The number of alkyl halides is 1. The summed E-state index contributed by atoms with van der Waals surface area (Å²) in [6, 6.07) is 5.60. The molecule has 6 heteroatoms. The molecule has 0 saturated carbocycles. The fraction of sp³-hybridized carbons (Fsp3) is 0.182. The summed E-state index contributed by atoms with van der Waals surface area (Å²) >= 11 is 7.00. The highest BCUT2D eigenvalue weighted by Gasteiger charge is 2.12. The van der Waals surface area contributed by atoms with E-state index in [1.54, 1.807) is 13.1 Å². The summed E-state index contributed by atoms with van der Waals surface area (Å²) in [6.07, 6.45) is 1.70. The average molecular weight is 268 g/mol. The Kier molecular flexibility index (Phi) is 3.71. The summed E-state index contributed by atoms with van der Waals surface area (Å²) in [5.74, 6) is -0.256. The monoisotopic (exact) mass is 267 g/mol. The van der Waals surface area contributed by atoms with Gasteiger partial charge < -0.3 is 5.32 Å². The van der Waals surface area contributed by atoms with Gasteiger partial charge >= 0.3 is 0 Å². The van der Waals surface area contributed by atoms with Crippen molar-refractivity contribution >= 4 is 34.0 Å². The van der Waals surface area contributed by atoms with Crippen molar-refractivity contribution in [1.82, 2.24) is 9.97 Å². The van der Waals surface area contributed by atoms with Crippen LogP contribution < -0.4 is 5.32 Å². The lowest BCUT2D eigenvalue weighted by molar-refractivity contribution is -0.115. The molecule has 1 unspecified atom stereocenters. The van der Waals surface area contributed by atoms with E-state index < -0.39 is 5.38 Å². The molecule has 0 fully saturated rings. The average Bonchev–Trinajstić information content (AvgIpc) is 2.78. The smallest absolute Gasteiger partial charge is 0.243 e. The van der Waals surface area contributed by atoms with Crippen LogP contribution in [-0.2, 0) is 4.79 Å². The Bertz CT molecular complexity index is 512. The number of nitrogens with one attached hydrogen (secondary N) is 1. The molecule has 4 nitrogen and oxygen atoms in total. The molecule has 2 rings (SSSR count). The van der Waals surface area contributed by atoms with Crippen molar-refractivity contribution in [3.8, 4) is 11.4 Å². The molecule has 0 aliphatic heterocycles. The Labute approximate surface area is 108 Å². The van der Waals surface area contributed by atoms with Crippen molar-refractivity contribution in [2.75, 3.05) is 5.32 Å². The lowest BCUT2D eigenvalue weighted by atomic mass is 10.3. The minimum absolute atomic E-state index is 0.256. The first-order valence-corrected chi connectivity index (χ1v) is 6.30. The summed E-state index contributed by atoms with van der Waals surface area (Å²) < 4.78 is 0. The van der Waals surface area contributed by atoms with Crippen molar-refractivity contribution in [1.29, 1.82) is 0 Å². The van der Waals surface area contributed by atoms with E-state index in [0.717, 1.165) is 11.4 Å². The Morgan fingerprint density at radius 3 is 2.94 bits per heavy atom. The van der Waals surface area contributed by atoms with Crippen molar-refractivity contribution in [2.24, 2.45) is 0 Å². The molecule has 1 amide bonds. The number of pyridine rings is 1. The van der Waals surface area contributed by atoms with Gasteiger partial charge in [-0.25, -0.2) is 4.98 Å². The van der Waals surface area contributed by atoms with E-state index in [1.807, 2.05) is 23.6 Å². The number of thiazole rings is 1. The predicted molar refractivity (Wildman–Crippen MR) is 69.3 cm³/mol. The quantitative estimate of drug-likeness (QED) is 0.870. The molecular formula is C11H10ClN3OS. The molecule has 0 spiro atoms. The number of aromatic nitrogens is 2. The van der Waals surface area contributed by atoms with Gasteiger partial charge in [0.2, 0.25) is 5.91 Å². The van der Waals surface area contributed by atoms with Gasteiger partial charge in [0, 0.05) is 11.6 Å². The van der Waals surface area contributed by atoms with Crippen molar-refractivity contribution in [2.45, 2.75) is 12.3 Å². The van der Waals surface area contributed by atoms with E-state index in [1.165, 1.54) is 11.3 Å². The van der Waals surface area contributed by atoms with Crippen molar-refractivity contribution < 1.29 is 4.79 Å². The predicted octanol–water partition coefficient (Wildman–Crippen LogP) is 2.77. The molecule has 0 radical (unpaired) electrons. The zero-order valence-electron chi connectivity index (χ0n) is 9.05. The maximum atomic E-state index is 11.4. The van der Waals surface area contributed by atoms with Gasteiger partial charge in [-0.05, 0) is 19.1 Å². The Balaban J connectivity index is 2.14. The number of anilines is 1. The molecule has 0 saturated heterocycles. The van der Waals surface area contributed by atoms with Gasteiger partial charge in [-0.3, -0.25) is 9.78 Å². The van der Waals surface area contributed by atoms with Crippen LogP contribution in [0.1, 0.15) is 6.92 Å². The van der Waals surface area contributed by atoms with E-state index in [9.17, 15) is 4.79 Å². The molecule has 0 bridgehead atoms. The molecule has 1 atom stereocenters. The summed E-state index contributed by atoms with van der Waals surface area (Å²) in [5, 5.41) is 4.44. The number of hydrogen-bond donors (Lipinski definition) is 1. The van der Waals surface area contributed by atoms with E-state index in [-0.39, 0.29) is 5.91 Å². The lowest BCUT2D eigenvalue weighted by Crippen LogP contribution is -2.20. The third-order valence-electron chi connectivity index (χ3n) is 2.02. The maximum Gasteiger partial charge on any atom is 0.243 e. The second-order valence-corrected chi connectivity index (χ2v) is 4.87. The largest absolute Gasteiger partial charge is 0.301 e. The van der Waals surface area contributed by atoms with Crippen LogP contribution in [-0.4, -0.2) is 21.3 Å². The Morgan fingerprint density at radius 1 is 1.47 bits per heavy atom. The van der Waals surface area contributed by atoms with Crippen molar-refractivity contribution in [3.63, 3.8) is 0 Å². The minimum atomic E-state index is -0.572. The zero-order chi connectivity index (χ0) is 12.3. The van der Waals surface area contributed by atoms with Crippen LogP contribution in [0.4, 0.5) is 5.13 Å². The molecule has 0 aromatic carbocycles. The first-order valence-electron chi connectivity index (χ1n) is 4.98. The highest BCUT2D eigenvalue weighted by Crippen LogP contribution is 2.23. The standard InChI is InChI=1S/C11H10ClN3OS/c1-7(12)10(16)15-11-14-9(6-17-11)8-4-2-3-5-13-8/h2-7H,1H3,(H,14,15,16). The second kappa shape index (κ2) is 5.25. The van der Waals surface area contributed by atoms with Gasteiger partial charge in [-0.1, -0.05) is 6.07 Å². The molecule has 0 aliphatic carbocycles. The van der Waals surface area contributed by atoms with Crippen LogP contribution in [0.25, 0.3) is 11.4 Å². The Hall–Kier alpha value is -1.46. The van der Waals surface area contributed by atoms with Crippen LogP contribution in [0.2, 0.25) is 0 Å². The molecule has 88 valence electrons. The van der Waals surface area contributed by atoms with Gasteiger partial charge in [-0.2, -0.15) is 0 Å². The summed E-state index contributed by atoms with van der Waals surface area (Å²) in [6.45, 7) is 1.62. The number of halogens is 1. The van der Waals surface area contributed by atoms with Crippen LogP contribution in [0, 0.1) is 0 Å². The van der Waals surface area contributed by atoms with Gasteiger partial charge in [0.05, 0.1) is 5.69 Å². The molecule has 2 heterocycles. The third-order valence-corrected chi connectivity index (χ3v) is 2.98. The van der Waals surface area contributed by atoms with Gasteiger partial charge in [-0.15, -0.1) is 22.9 Å². The van der Waals surface area contributed by atoms with Crippen molar-refractivity contribution in [3.05, 3.63) is 29.8 Å². The second-order valence-electron chi connectivity index (χ2n) is 3.36. The summed E-state index contributed by atoms with van der Waals surface area (Å²) in [5.41, 5.74) is 1.52. The number of hydrogen-bond acceptors (Lipinski definition) is 4. The van der Waals surface area contributed by atoms with E-state index in [4.69, 9.17) is 11.6 Å². The van der Waals surface area contributed by atoms with E-state index in [0.29, 0.717) is 5.13 Å². The molecular weight excluding hydrogens is 258 g/mol. The first kappa shape index (κ1) is 12.0. The summed E-state index contributed by atoms with van der Waals surface area (Å²) in [4.78, 5) is 19.8. The molecule has 17 heavy (non-hydrogen) atoms. The van der Waals surface area contributed by atoms with Crippen LogP contribution in [0.5, 0.6) is 0 Å².